The number of hydrogen-bond acceptors (Lipinski definition) is 7. The Bertz CT molecular complexity index is 1050. The zero-order valence-electron chi connectivity index (χ0n) is 17.8. The van der Waals surface area contributed by atoms with E-state index in [9.17, 15) is 4.79 Å². The van der Waals surface area contributed by atoms with Crippen molar-refractivity contribution in [2.75, 3.05) is 27.9 Å². The smallest absolute Gasteiger partial charge is 0.249 e. The molecule has 31 heavy (non-hydrogen) atoms. The Morgan fingerprint density at radius 2 is 1.84 bits per heavy atom. The summed E-state index contributed by atoms with van der Waals surface area (Å²) in [7, 11) is 4.78. The van der Waals surface area contributed by atoms with Crippen LogP contribution in [-0.4, -0.2) is 48.8 Å². The standard InChI is InChI=1S/C23H25N3O5/c1-28-17-9-6-15(7-10-17)13-21(27)26-12-4-5-18(26)23-24-22(25-31-23)16-8-11-19(29-2)20(14-16)30-3/h6-11,14,18H,4-5,12-13H2,1-3H3/t18-/m0/s1. The van der Waals surface area contributed by atoms with Gasteiger partial charge in [-0.15, -0.1) is 0 Å². The fraction of sp³-hybridized carbons (Fsp3) is 0.348. The SMILES string of the molecule is COc1ccc(CC(=O)N2CCC[C@H]2c2nc(-c3ccc(OC)c(OC)c3)no2)cc1. The van der Waals surface area contributed by atoms with Crippen molar-refractivity contribution in [3.8, 4) is 28.6 Å². The van der Waals surface area contributed by atoms with Gasteiger partial charge >= 0.3 is 0 Å². The summed E-state index contributed by atoms with van der Waals surface area (Å²) in [5, 5.41) is 4.12. The summed E-state index contributed by atoms with van der Waals surface area (Å²) in [4.78, 5) is 19.4. The van der Waals surface area contributed by atoms with E-state index in [-0.39, 0.29) is 11.9 Å². The van der Waals surface area contributed by atoms with E-state index >= 15 is 0 Å². The highest BCUT2D eigenvalue weighted by atomic mass is 16.5. The average molecular weight is 423 g/mol. The predicted molar refractivity (Wildman–Crippen MR) is 113 cm³/mol. The Morgan fingerprint density at radius 1 is 1.06 bits per heavy atom. The number of nitrogens with zero attached hydrogens (tertiary/aromatic N) is 3. The highest BCUT2D eigenvalue weighted by molar-refractivity contribution is 5.79. The molecular weight excluding hydrogens is 398 g/mol. The van der Waals surface area contributed by atoms with Crippen molar-refractivity contribution >= 4 is 5.91 Å². The molecule has 162 valence electrons. The second-order valence-corrected chi connectivity index (χ2v) is 7.30. The lowest BCUT2D eigenvalue weighted by Gasteiger charge is -2.22. The van der Waals surface area contributed by atoms with E-state index in [4.69, 9.17) is 18.7 Å². The van der Waals surface area contributed by atoms with E-state index in [2.05, 4.69) is 10.1 Å². The molecule has 0 unspecified atom stereocenters. The molecule has 3 aromatic rings. The second-order valence-electron chi connectivity index (χ2n) is 7.30. The minimum Gasteiger partial charge on any atom is -0.497 e. The highest BCUT2D eigenvalue weighted by Crippen LogP contribution is 2.34. The third-order valence-corrected chi connectivity index (χ3v) is 5.46. The third-order valence-electron chi connectivity index (χ3n) is 5.46. The van der Waals surface area contributed by atoms with Gasteiger partial charge in [0, 0.05) is 12.1 Å². The number of carbonyl (C=O) groups is 1. The first-order chi connectivity index (χ1) is 15.1. The first-order valence-electron chi connectivity index (χ1n) is 10.1. The molecule has 1 aliphatic heterocycles. The number of benzene rings is 2. The number of rotatable bonds is 7. The van der Waals surface area contributed by atoms with E-state index in [1.54, 1.807) is 33.5 Å². The van der Waals surface area contributed by atoms with Crippen LogP contribution in [0.3, 0.4) is 0 Å². The molecule has 1 aliphatic rings. The van der Waals surface area contributed by atoms with Crippen LogP contribution < -0.4 is 14.2 Å². The first-order valence-corrected chi connectivity index (χ1v) is 10.1. The average Bonchev–Trinajstić information content (AvgIpc) is 3.48. The van der Waals surface area contributed by atoms with Crippen LogP contribution in [0.15, 0.2) is 47.0 Å². The van der Waals surface area contributed by atoms with Gasteiger partial charge in [0.25, 0.3) is 0 Å². The Balaban J connectivity index is 1.50. The highest BCUT2D eigenvalue weighted by Gasteiger charge is 2.34. The molecule has 0 saturated carbocycles. The van der Waals surface area contributed by atoms with Crippen molar-refractivity contribution in [3.05, 3.63) is 53.9 Å². The lowest BCUT2D eigenvalue weighted by Crippen LogP contribution is -2.32. The number of ether oxygens (including phenoxy) is 3. The van der Waals surface area contributed by atoms with Crippen LogP contribution in [-0.2, 0) is 11.2 Å². The molecule has 1 fully saturated rings. The van der Waals surface area contributed by atoms with Gasteiger partial charge in [0.1, 0.15) is 11.8 Å². The number of likely N-dealkylation sites (tertiary alicyclic amines) is 1. The molecule has 1 amide bonds. The third kappa shape index (κ3) is 4.33. The van der Waals surface area contributed by atoms with Crippen LogP contribution in [0.2, 0.25) is 0 Å². The maximum atomic E-state index is 13.0. The fourth-order valence-corrected chi connectivity index (χ4v) is 3.80. The molecule has 1 atom stereocenters. The van der Waals surface area contributed by atoms with Crippen LogP contribution in [0.4, 0.5) is 0 Å². The maximum absolute atomic E-state index is 13.0. The molecule has 0 N–H and O–H groups in total. The summed E-state index contributed by atoms with van der Waals surface area (Å²) in [6.07, 6.45) is 2.01. The summed E-state index contributed by atoms with van der Waals surface area (Å²) in [5.41, 5.74) is 1.69. The van der Waals surface area contributed by atoms with Crippen LogP contribution in [0.5, 0.6) is 17.2 Å². The maximum Gasteiger partial charge on any atom is 0.249 e. The van der Waals surface area contributed by atoms with Crippen molar-refractivity contribution in [2.24, 2.45) is 0 Å². The Kier molecular flexibility index (Phi) is 6.06. The van der Waals surface area contributed by atoms with Crippen LogP contribution in [0.1, 0.15) is 30.3 Å². The molecule has 1 saturated heterocycles. The normalized spacial score (nSPS) is 15.7. The summed E-state index contributed by atoms with van der Waals surface area (Å²) < 4.78 is 21.4. The molecule has 1 aromatic heterocycles. The Morgan fingerprint density at radius 3 is 2.55 bits per heavy atom. The van der Waals surface area contributed by atoms with Gasteiger partial charge in [-0.1, -0.05) is 17.3 Å². The molecular formula is C23H25N3O5. The van der Waals surface area contributed by atoms with Gasteiger partial charge in [-0.25, -0.2) is 0 Å². The van der Waals surface area contributed by atoms with Crippen molar-refractivity contribution in [2.45, 2.75) is 25.3 Å². The monoisotopic (exact) mass is 423 g/mol. The Hall–Kier alpha value is -3.55. The molecule has 2 heterocycles. The van der Waals surface area contributed by atoms with Crippen LogP contribution >= 0.6 is 0 Å². The van der Waals surface area contributed by atoms with Gasteiger partial charge in [0.2, 0.25) is 17.6 Å². The molecule has 8 heteroatoms. The summed E-state index contributed by atoms with van der Waals surface area (Å²) in [6, 6.07) is 12.8. The van der Waals surface area contributed by atoms with E-state index in [1.807, 2.05) is 35.2 Å². The van der Waals surface area contributed by atoms with Crippen LogP contribution in [0, 0.1) is 0 Å². The summed E-state index contributed by atoms with van der Waals surface area (Å²) in [5.74, 6) is 2.92. The van der Waals surface area contributed by atoms with Gasteiger partial charge < -0.3 is 23.6 Å². The zero-order chi connectivity index (χ0) is 21.8. The minimum absolute atomic E-state index is 0.0403. The predicted octanol–water partition coefficient (Wildman–Crippen LogP) is 3.67. The molecule has 2 aromatic carbocycles. The van der Waals surface area contributed by atoms with Crippen molar-refractivity contribution < 1.29 is 23.5 Å². The minimum atomic E-state index is -0.216. The largest absolute Gasteiger partial charge is 0.497 e. The van der Waals surface area contributed by atoms with E-state index in [1.165, 1.54) is 0 Å². The van der Waals surface area contributed by atoms with Crippen molar-refractivity contribution in [1.82, 2.24) is 15.0 Å². The molecule has 0 radical (unpaired) electrons. The van der Waals surface area contributed by atoms with E-state index in [0.29, 0.717) is 36.2 Å². The second kappa shape index (κ2) is 9.07. The van der Waals surface area contributed by atoms with Gasteiger partial charge in [0.05, 0.1) is 27.8 Å². The van der Waals surface area contributed by atoms with Gasteiger partial charge in [-0.05, 0) is 48.7 Å². The van der Waals surface area contributed by atoms with Gasteiger partial charge in [0.15, 0.2) is 11.5 Å². The first kappa shape index (κ1) is 20.7. The number of hydrogen-bond donors (Lipinski definition) is 0. The molecule has 4 rings (SSSR count). The fourth-order valence-electron chi connectivity index (χ4n) is 3.80. The molecule has 0 bridgehead atoms. The summed E-state index contributed by atoms with van der Waals surface area (Å²) >= 11 is 0. The van der Waals surface area contributed by atoms with Crippen molar-refractivity contribution in [1.29, 1.82) is 0 Å². The number of methoxy groups -OCH3 is 3. The molecule has 0 spiro atoms. The zero-order valence-corrected chi connectivity index (χ0v) is 17.8. The Labute approximate surface area is 180 Å². The van der Waals surface area contributed by atoms with E-state index in [0.717, 1.165) is 29.7 Å². The molecule has 0 aliphatic carbocycles. The molecule has 8 nitrogen and oxygen atoms in total. The lowest BCUT2D eigenvalue weighted by atomic mass is 10.1. The van der Waals surface area contributed by atoms with Crippen molar-refractivity contribution in [3.63, 3.8) is 0 Å². The van der Waals surface area contributed by atoms with Gasteiger partial charge in [-0.3, -0.25) is 4.79 Å². The van der Waals surface area contributed by atoms with E-state index < -0.39 is 0 Å². The van der Waals surface area contributed by atoms with Gasteiger partial charge in [-0.2, -0.15) is 4.98 Å². The number of carbonyl (C=O) groups excluding carboxylic acids is 1. The topological polar surface area (TPSA) is 86.9 Å². The number of amides is 1. The van der Waals surface area contributed by atoms with Crippen LogP contribution in [0.25, 0.3) is 11.4 Å². The quantitative estimate of drug-likeness (QED) is 0.573. The lowest BCUT2D eigenvalue weighted by molar-refractivity contribution is -0.131. The summed E-state index contributed by atoms with van der Waals surface area (Å²) in [6.45, 7) is 0.674. The number of aromatic nitrogens is 2.